The average molecular weight is 437 g/mol. The fourth-order valence-corrected chi connectivity index (χ4v) is 5.64. The fraction of sp³-hybridized carbons (Fsp3) is 0.423. The molecule has 1 unspecified atom stereocenters. The summed E-state index contributed by atoms with van der Waals surface area (Å²) in [5, 5.41) is 12.7. The van der Waals surface area contributed by atoms with E-state index in [4.69, 9.17) is 9.72 Å². The number of likely N-dealkylation sites (N-methyl/N-ethyl adjacent to an activating group) is 1. The Hall–Kier alpha value is -2.05. The van der Waals surface area contributed by atoms with Crippen LogP contribution in [0.15, 0.2) is 66.9 Å². The van der Waals surface area contributed by atoms with E-state index < -0.39 is 5.60 Å². The van der Waals surface area contributed by atoms with Crippen molar-refractivity contribution in [1.29, 1.82) is 0 Å². The Morgan fingerprint density at radius 3 is 2.45 bits per heavy atom. The van der Waals surface area contributed by atoms with E-state index in [1.165, 1.54) is 23.3 Å². The first kappa shape index (κ1) is 22.2. The number of nitrogens with zero attached hydrogens (tertiary/aromatic N) is 2. The van der Waals surface area contributed by atoms with Gasteiger partial charge in [0.2, 0.25) is 0 Å². The average Bonchev–Trinajstić information content (AvgIpc) is 3.51. The number of ether oxygens (including phenoxy) is 1. The van der Waals surface area contributed by atoms with Crippen molar-refractivity contribution in [3.05, 3.63) is 87.9 Å². The molecule has 1 saturated carbocycles. The van der Waals surface area contributed by atoms with Gasteiger partial charge in [0.05, 0.1) is 13.2 Å². The molecule has 1 aliphatic carbocycles. The molecule has 5 heteroatoms. The lowest BCUT2D eigenvalue weighted by Crippen LogP contribution is -2.35. The summed E-state index contributed by atoms with van der Waals surface area (Å²) in [5.41, 5.74) is 1.17. The lowest BCUT2D eigenvalue weighted by Gasteiger charge is -2.32. The Kier molecular flexibility index (Phi) is 7.51. The van der Waals surface area contributed by atoms with Gasteiger partial charge in [0.15, 0.2) is 0 Å². The SMILES string of the molecule is CN(CCOCc1ccccc1)Cc1cnc(C(O)(c2ccccc2)C2CCCC2)s1. The normalized spacial score (nSPS) is 16.6. The maximum atomic E-state index is 11.9. The molecule has 0 spiro atoms. The van der Waals surface area contributed by atoms with Crippen LogP contribution in [0.3, 0.4) is 0 Å². The Labute approximate surface area is 189 Å². The monoisotopic (exact) mass is 436 g/mol. The van der Waals surface area contributed by atoms with Crippen molar-refractivity contribution in [2.45, 2.75) is 44.4 Å². The molecule has 1 aromatic heterocycles. The van der Waals surface area contributed by atoms with Crippen LogP contribution in [0.4, 0.5) is 0 Å². The third kappa shape index (κ3) is 5.42. The van der Waals surface area contributed by atoms with E-state index in [1.54, 1.807) is 11.3 Å². The highest BCUT2D eigenvalue weighted by atomic mass is 32.1. The smallest absolute Gasteiger partial charge is 0.144 e. The second-order valence-corrected chi connectivity index (χ2v) is 9.64. The number of rotatable bonds is 10. The Morgan fingerprint density at radius 1 is 1.06 bits per heavy atom. The van der Waals surface area contributed by atoms with Crippen molar-refractivity contribution >= 4 is 11.3 Å². The predicted octanol–water partition coefficient (Wildman–Crippen LogP) is 5.22. The molecular formula is C26H32N2O2S. The highest BCUT2D eigenvalue weighted by molar-refractivity contribution is 7.11. The summed E-state index contributed by atoms with van der Waals surface area (Å²) in [6.45, 7) is 2.99. The van der Waals surface area contributed by atoms with Gasteiger partial charge in [-0.2, -0.15) is 0 Å². The van der Waals surface area contributed by atoms with E-state index in [0.29, 0.717) is 13.2 Å². The first-order chi connectivity index (χ1) is 15.2. The van der Waals surface area contributed by atoms with Crippen LogP contribution in [0.5, 0.6) is 0 Å². The molecule has 164 valence electrons. The van der Waals surface area contributed by atoms with Crippen LogP contribution in [0.1, 0.15) is 46.7 Å². The number of thiazole rings is 1. The van der Waals surface area contributed by atoms with Gasteiger partial charge in [0.25, 0.3) is 0 Å². The topological polar surface area (TPSA) is 45.6 Å². The number of hydrogen-bond acceptors (Lipinski definition) is 5. The largest absolute Gasteiger partial charge is 0.378 e. The van der Waals surface area contributed by atoms with Gasteiger partial charge in [-0.25, -0.2) is 4.98 Å². The van der Waals surface area contributed by atoms with Gasteiger partial charge in [-0.05, 0) is 36.9 Å². The standard InChI is InChI=1S/C26H32N2O2S/c1-28(16-17-30-20-21-10-4-2-5-11-21)19-24-18-27-25(31-24)26(29,23-14-8-9-15-23)22-12-6-3-7-13-22/h2-7,10-13,18,23,29H,8-9,14-17,19-20H2,1H3. The minimum atomic E-state index is -0.988. The number of benzene rings is 2. The molecule has 4 rings (SSSR count). The minimum absolute atomic E-state index is 0.234. The third-order valence-corrected chi connectivity index (χ3v) is 7.30. The zero-order valence-electron chi connectivity index (χ0n) is 18.2. The van der Waals surface area contributed by atoms with Gasteiger partial charge < -0.3 is 9.84 Å². The Balaban J connectivity index is 1.37. The molecule has 1 N–H and O–H groups in total. The predicted molar refractivity (Wildman–Crippen MR) is 126 cm³/mol. The van der Waals surface area contributed by atoms with Crippen molar-refractivity contribution in [2.75, 3.05) is 20.2 Å². The molecule has 0 saturated heterocycles. The summed E-state index contributed by atoms with van der Waals surface area (Å²) < 4.78 is 5.82. The van der Waals surface area contributed by atoms with Crippen LogP contribution in [0, 0.1) is 5.92 Å². The molecule has 3 aromatic rings. The quantitative estimate of drug-likeness (QED) is 0.443. The Bertz CT molecular complexity index is 925. The van der Waals surface area contributed by atoms with Crippen molar-refractivity contribution in [3.63, 3.8) is 0 Å². The van der Waals surface area contributed by atoms with Crippen LogP contribution in [0.25, 0.3) is 0 Å². The van der Waals surface area contributed by atoms with Crippen LogP contribution >= 0.6 is 11.3 Å². The van der Waals surface area contributed by atoms with E-state index in [0.717, 1.165) is 36.5 Å². The van der Waals surface area contributed by atoms with E-state index in [1.807, 2.05) is 54.7 Å². The summed E-state index contributed by atoms with van der Waals surface area (Å²) in [6.07, 6.45) is 6.41. The molecule has 0 amide bonds. The first-order valence-electron chi connectivity index (χ1n) is 11.2. The van der Waals surface area contributed by atoms with Gasteiger partial charge in [0.1, 0.15) is 10.6 Å². The van der Waals surface area contributed by atoms with Crippen molar-refractivity contribution in [1.82, 2.24) is 9.88 Å². The third-order valence-electron chi connectivity index (χ3n) is 6.19. The molecule has 0 bridgehead atoms. The number of aliphatic hydroxyl groups is 1. The second kappa shape index (κ2) is 10.5. The molecule has 31 heavy (non-hydrogen) atoms. The molecule has 1 atom stereocenters. The molecule has 1 aliphatic rings. The molecular weight excluding hydrogens is 404 g/mol. The van der Waals surface area contributed by atoms with Gasteiger partial charge in [0, 0.05) is 24.2 Å². The molecule has 1 fully saturated rings. The summed E-state index contributed by atoms with van der Waals surface area (Å²) >= 11 is 1.64. The molecule has 0 radical (unpaired) electrons. The van der Waals surface area contributed by atoms with E-state index in [2.05, 4.69) is 24.1 Å². The van der Waals surface area contributed by atoms with E-state index >= 15 is 0 Å². The number of hydrogen-bond donors (Lipinski definition) is 1. The minimum Gasteiger partial charge on any atom is -0.378 e. The Morgan fingerprint density at radius 2 is 1.74 bits per heavy atom. The van der Waals surface area contributed by atoms with Gasteiger partial charge in [-0.1, -0.05) is 73.5 Å². The second-order valence-electron chi connectivity index (χ2n) is 8.52. The van der Waals surface area contributed by atoms with Gasteiger partial charge >= 0.3 is 0 Å². The van der Waals surface area contributed by atoms with Crippen molar-refractivity contribution in [3.8, 4) is 0 Å². The fourth-order valence-electron chi connectivity index (χ4n) is 4.46. The number of aromatic nitrogens is 1. The van der Waals surface area contributed by atoms with Crippen LogP contribution in [-0.4, -0.2) is 35.2 Å². The van der Waals surface area contributed by atoms with Crippen molar-refractivity contribution < 1.29 is 9.84 Å². The lowest BCUT2D eigenvalue weighted by atomic mass is 9.80. The molecule has 1 heterocycles. The highest BCUT2D eigenvalue weighted by Gasteiger charge is 2.43. The summed E-state index contributed by atoms with van der Waals surface area (Å²) in [7, 11) is 2.10. The highest BCUT2D eigenvalue weighted by Crippen LogP contribution is 2.46. The van der Waals surface area contributed by atoms with E-state index in [-0.39, 0.29) is 5.92 Å². The molecule has 4 nitrogen and oxygen atoms in total. The van der Waals surface area contributed by atoms with Gasteiger partial charge in [-0.3, -0.25) is 4.90 Å². The van der Waals surface area contributed by atoms with Crippen LogP contribution in [-0.2, 0) is 23.5 Å². The zero-order valence-corrected chi connectivity index (χ0v) is 19.1. The zero-order chi connectivity index (χ0) is 21.5. The summed E-state index contributed by atoms with van der Waals surface area (Å²) in [5.74, 6) is 0.234. The maximum Gasteiger partial charge on any atom is 0.144 e. The summed E-state index contributed by atoms with van der Waals surface area (Å²) in [6, 6.07) is 20.3. The molecule has 0 aliphatic heterocycles. The van der Waals surface area contributed by atoms with Crippen LogP contribution < -0.4 is 0 Å². The lowest BCUT2D eigenvalue weighted by molar-refractivity contribution is 0.0186. The molecule has 2 aromatic carbocycles. The first-order valence-corrected chi connectivity index (χ1v) is 12.0. The summed E-state index contributed by atoms with van der Waals surface area (Å²) in [4.78, 5) is 8.13. The maximum absolute atomic E-state index is 11.9. The van der Waals surface area contributed by atoms with Crippen molar-refractivity contribution in [2.24, 2.45) is 5.92 Å². The van der Waals surface area contributed by atoms with Gasteiger partial charge in [-0.15, -0.1) is 11.3 Å². The van der Waals surface area contributed by atoms with E-state index in [9.17, 15) is 5.11 Å². The van der Waals surface area contributed by atoms with Crippen LogP contribution in [0.2, 0.25) is 0 Å².